The number of hydrogen-bond donors (Lipinski definition) is 2. The van der Waals surface area contributed by atoms with E-state index in [0.29, 0.717) is 11.7 Å². The van der Waals surface area contributed by atoms with Crippen molar-refractivity contribution in [1.29, 1.82) is 0 Å². The molecule has 0 saturated heterocycles. The number of hydrogen-bond acceptors (Lipinski definition) is 8. The van der Waals surface area contributed by atoms with E-state index in [1.807, 2.05) is 31.2 Å². The van der Waals surface area contributed by atoms with Crippen molar-refractivity contribution in [3.63, 3.8) is 0 Å². The molecule has 0 aliphatic rings. The zero-order chi connectivity index (χ0) is 16.2. The Hall–Kier alpha value is -2.81. The van der Waals surface area contributed by atoms with E-state index in [1.54, 1.807) is 0 Å². The highest BCUT2D eigenvalue weighted by Gasteiger charge is 2.23. The van der Waals surface area contributed by atoms with Gasteiger partial charge in [-0.25, -0.2) is 15.0 Å². The summed E-state index contributed by atoms with van der Waals surface area (Å²) in [6.45, 7) is 2.57. The summed E-state index contributed by atoms with van der Waals surface area (Å²) in [5.41, 5.74) is 0.654. The number of thiazole rings is 1. The lowest BCUT2D eigenvalue weighted by atomic mass is 10.3. The molecule has 2 heterocycles. The van der Waals surface area contributed by atoms with Gasteiger partial charge in [0.1, 0.15) is 6.33 Å². The molecule has 0 fully saturated rings. The Morgan fingerprint density at radius 2 is 2.04 bits per heavy atom. The summed E-state index contributed by atoms with van der Waals surface area (Å²) in [6, 6.07) is 7.65. The van der Waals surface area contributed by atoms with Crippen LogP contribution in [0.25, 0.3) is 10.2 Å². The van der Waals surface area contributed by atoms with Crippen LogP contribution in [0.4, 0.5) is 22.5 Å². The Labute approximate surface area is 135 Å². The minimum atomic E-state index is -0.492. The van der Waals surface area contributed by atoms with E-state index in [1.165, 1.54) is 17.7 Å². The monoisotopic (exact) mass is 330 g/mol. The number of para-hydroxylation sites is 1. The number of nitro groups is 1. The fraction of sp³-hybridized carbons (Fsp3) is 0.214. The van der Waals surface area contributed by atoms with Crippen LogP contribution >= 0.6 is 11.3 Å². The van der Waals surface area contributed by atoms with E-state index in [-0.39, 0.29) is 17.3 Å². The van der Waals surface area contributed by atoms with Gasteiger partial charge in [0.2, 0.25) is 11.6 Å². The largest absolute Gasteiger partial charge is 0.364 e. The van der Waals surface area contributed by atoms with Gasteiger partial charge >= 0.3 is 5.69 Å². The first-order chi connectivity index (χ1) is 11.2. The van der Waals surface area contributed by atoms with Crippen LogP contribution < -0.4 is 10.6 Å². The smallest absolute Gasteiger partial charge is 0.353 e. The number of rotatable bonds is 6. The van der Waals surface area contributed by atoms with Gasteiger partial charge in [0, 0.05) is 6.54 Å². The van der Waals surface area contributed by atoms with Gasteiger partial charge < -0.3 is 10.6 Å². The summed E-state index contributed by atoms with van der Waals surface area (Å²) < 4.78 is 0.996. The van der Waals surface area contributed by atoms with E-state index in [9.17, 15) is 10.1 Å². The van der Waals surface area contributed by atoms with Crippen molar-refractivity contribution >= 4 is 44.0 Å². The second kappa shape index (κ2) is 6.53. The molecule has 0 atom stereocenters. The van der Waals surface area contributed by atoms with Crippen LogP contribution in [-0.2, 0) is 0 Å². The molecule has 0 saturated carbocycles. The van der Waals surface area contributed by atoms with Crippen LogP contribution in [0.3, 0.4) is 0 Å². The van der Waals surface area contributed by atoms with Crippen LogP contribution in [0.5, 0.6) is 0 Å². The quantitative estimate of drug-likeness (QED) is 0.525. The molecule has 0 unspecified atom stereocenters. The lowest BCUT2D eigenvalue weighted by molar-refractivity contribution is -0.383. The minimum absolute atomic E-state index is 0.127. The average molecular weight is 330 g/mol. The van der Waals surface area contributed by atoms with E-state index in [2.05, 4.69) is 25.6 Å². The Kier molecular flexibility index (Phi) is 4.29. The molecule has 0 bridgehead atoms. The lowest BCUT2D eigenvalue weighted by Crippen LogP contribution is -2.08. The van der Waals surface area contributed by atoms with Crippen LogP contribution in [0, 0.1) is 10.1 Å². The van der Waals surface area contributed by atoms with Crippen LogP contribution in [0.1, 0.15) is 13.3 Å². The predicted molar refractivity (Wildman–Crippen MR) is 90.4 cm³/mol. The summed E-state index contributed by atoms with van der Waals surface area (Å²) in [7, 11) is 0. The van der Waals surface area contributed by atoms with Crippen molar-refractivity contribution in [2.75, 3.05) is 17.2 Å². The van der Waals surface area contributed by atoms with Gasteiger partial charge in [0.15, 0.2) is 5.13 Å². The zero-order valence-electron chi connectivity index (χ0n) is 12.3. The summed E-state index contributed by atoms with van der Waals surface area (Å²) in [5.74, 6) is 0.332. The average Bonchev–Trinajstić information content (AvgIpc) is 2.94. The Morgan fingerprint density at radius 1 is 1.26 bits per heavy atom. The predicted octanol–water partition coefficient (Wildman–Crippen LogP) is 3.56. The zero-order valence-corrected chi connectivity index (χ0v) is 13.1. The number of nitrogens with zero attached hydrogens (tertiary/aromatic N) is 4. The maximum absolute atomic E-state index is 11.4. The highest BCUT2D eigenvalue weighted by molar-refractivity contribution is 7.22. The first kappa shape index (κ1) is 15.1. The van der Waals surface area contributed by atoms with Gasteiger partial charge in [0.05, 0.1) is 15.1 Å². The molecule has 0 aliphatic carbocycles. The van der Waals surface area contributed by atoms with Crippen molar-refractivity contribution in [2.45, 2.75) is 13.3 Å². The normalized spacial score (nSPS) is 10.7. The van der Waals surface area contributed by atoms with Crippen molar-refractivity contribution in [3.05, 3.63) is 40.7 Å². The van der Waals surface area contributed by atoms with E-state index in [4.69, 9.17) is 0 Å². The summed E-state index contributed by atoms with van der Waals surface area (Å²) in [5, 5.41) is 17.8. The van der Waals surface area contributed by atoms with Gasteiger partial charge in [-0.2, -0.15) is 0 Å². The van der Waals surface area contributed by atoms with Gasteiger partial charge in [-0.1, -0.05) is 30.4 Å². The van der Waals surface area contributed by atoms with Crippen molar-refractivity contribution in [1.82, 2.24) is 15.0 Å². The first-order valence-corrected chi connectivity index (χ1v) is 7.86. The van der Waals surface area contributed by atoms with E-state index in [0.717, 1.165) is 16.6 Å². The van der Waals surface area contributed by atoms with Crippen molar-refractivity contribution in [2.24, 2.45) is 0 Å². The molecule has 9 heteroatoms. The molecule has 0 spiro atoms. The topological polar surface area (TPSA) is 106 Å². The summed E-state index contributed by atoms with van der Waals surface area (Å²) >= 11 is 1.41. The van der Waals surface area contributed by atoms with Crippen molar-refractivity contribution < 1.29 is 4.92 Å². The Balaban J connectivity index is 1.96. The first-order valence-electron chi connectivity index (χ1n) is 7.05. The number of benzene rings is 1. The molecule has 23 heavy (non-hydrogen) atoms. The van der Waals surface area contributed by atoms with Gasteiger partial charge in [-0.15, -0.1) is 0 Å². The number of anilines is 3. The third-order valence-corrected chi connectivity index (χ3v) is 4.02. The Morgan fingerprint density at radius 3 is 2.78 bits per heavy atom. The summed E-state index contributed by atoms with van der Waals surface area (Å²) in [4.78, 5) is 23.3. The van der Waals surface area contributed by atoms with Crippen LogP contribution in [0.15, 0.2) is 30.6 Å². The highest BCUT2D eigenvalue weighted by atomic mass is 32.1. The molecule has 2 N–H and O–H groups in total. The number of aromatic nitrogens is 3. The molecule has 0 amide bonds. The lowest BCUT2D eigenvalue weighted by Gasteiger charge is -2.07. The molecular formula is C14H14N6O2S. The number of nitrogens with one attached hydrogen (secondary N) is 2. The van der Waals surface area contributed by atoms with Crippen LogP contribution in [0.2, 0.25) is 0 Å². The summed E-state index contributed by atoms with van der Waals surface area (Å²) in [6.07, 6.45) is 2.13. The van der Waals surface area contributed by atoms with Gasteiger partial charge in [-0.3, -0.25) is 10.1 Å². The van der Waals surface area contributed by atoms with Gasteiger partial charge in [-0.05, 0) is 18.6 Å². The van der Waals surface area contributed by atoms with E-state index >= 15 is 0 Å². The molecule has 0 radical (unpaired) electrons. The molecular weight excluding hydrogens is 316 g/mol. The third kappa shape index (κ3) is 3.19. The molecule has 2 aromatic heterocycles. The second-order valence-electron chi connectivity index (χ2n) is 4.72. The molecule has 3 aromatic rings. The highest BCUT2D eigenvalue weighted by Crippen LogP contribution is 2.33. The number of fused-ring (bicyclic) bond motifs is 1. The molecule has 1 aromatic carbocycles. The van der Waals surface area contributed by atoms with Crippen molar-refractivity contribution in [3.8, 4) is 0 Å². The third-order valence-electron chi connectivity index (χ3n) is 3.07. The fourth-order valence-electron chi connectivity index (χ4n) is 2.04. The SMILES string of the molecule is CCCNc1ncnc(Nc2nc3ccccc3s2)c1[N+](=O)[O-]. The second-order valence-corrected chi connectivity index (χ2v) is 5.75. The molecule has 0 aliphatic heterocycles. The van der Waals surface area contributed by atoms with E-state index < -0.39 is 4.92 Å². The molecule has 3 rings (SSSR count). The molecule has 118 valence electrons. The maximum Gasteiger partial charge on any atom is 0.353 e. The maximum atomic E-state index is 11.4. The van der Waals surface area contributed by atoms with Gasteiger partial charge in [0.25, 0.3) is 0 Å². The fourth-order valence-corrected chi connectivity index (χ4v) is 2.91. The minimum Gasteiger partial charge on any atom is -0.364 e. The Bertz CT molecular complexity index is 817. The molecule has 8 nitrogen and oxygen atoms in total. The van der Waals surface area contributed by atoms with Crippen LogP contribution in [-0.4, -0.2) is 26.4 Å². The standard InChI is InChI=1S/C14H14N6O2S/c1-2-7-15-12-11(20(21)22)13(17-8-16-12)19-14-18-9-5-3-4-6-10(9)23-14/h3-6,8H,2,7H2,1H3,(H2,15,16,17,18,19).